The maximum atomic E-state index is 5.29. The van der Waals surface area contributed by atoms with Gasteiger partial charge in [-0.05, 0) is 55.8 Å². The molecule has 5 aromatic rings. The molecule has 0 spiro atoms. The average Bonchev–Trinajstić information content (AvgIpc) is 3.29. The highest BCUT2D eigenvalue weighted by atomic mass is 15.4. The Morgan fingerprint density at radius 3 is 2.16 bits per heavy atom. The van der Waals surface area contributed by atoms with E-state index in [2.05, 4.69) is 96.9 Å². The van der Waals surface area contributed by atoms with Crippen LogP contribution in [-0.4, -0.2) is 21.5 Å². The Hall–Kier alpha value is -4.97. The van der Waals surface area contributed by atoms with Crippen LogP contribution in [0.1, 0.15) is 28.4 Å². The highest BCUT2D eigenvalue weighted by Gasteiger charge is 2.41. The average molecular weight is 495 g/mol. The van der Waals surface area contributed by atoms with Crippen molar-refractivity contribution in [3.63, 3.8) is 0 Å². The van der Waals surface area contributed by atoms with Crippen LogP contribution in [0.5, 0.6) is 0 Å². The number of para-hydroxylation sites is 3. The van der Waals surface area contributed by atoms with Crippen LogP contribution in [0.2, 0.25) is 0 Å². The molecule has 0 bridgehead atoms. The Bertz CT molecular complexity index is 1700. The number of benzene rings is 4. The monoisotopic (exact) mass is 494 g/mol. The number of hydrogen-bond donors (Lipinski definition) is 1. The predicted molar refractivity (Wildman–Crippen MR) is 154 cm³/mol. The van der Waals surface area contributed by atoms with Gasteiger partial charge >= 0.3 is 0 Å². The van der Waals surface area contributed by atoms with Crippen LogP contribution in [0.4, 0.5) is 22.9 Å². The van der Waals surface area contributed by atoms with Crippen molar-refractivity contribution in [1.29, 1.82) is 0 Å². The molecule has 3 heterocycles. The van der Waals surface area contributed by atoms with Gasteiger partial charge in [-0.3, -0.25) is 0 Å². The van der Waals surface area contributed by atoms with E-state index in [9.17, 15) is 0 Å². The van der Waals surface area contributed by atoms with Gasteiger partial charge in [0.15, 0.2) is 17.5 Å². The topological polar surface area (TPSA) is 57.8 Å². The minimum Gasteiger partial charge on any atom is -0.337 e. The fraction of sp³-hybridized carbons (Fsp3) is 0.0938. The molecule has 6 heteroatoms. The molecule has 0 fully saturated rings. The summed E-state index contributed by atoms with van der Waals surface area (Å²) in [6.07, 6.45) is 0. The number of nitrogens with zero attached hydrogens (tertiary/aromatic N) is 5. The summed E-state index contributed by atoms with van der Waals surface area (Å²) < 4.78 is 1.96. The van der Waals surface area contributed by atoms with Crippen LogP contribution in [0.15, 0.2) is 119 Å². The molecule has 0 unspecified atom stereocenters. The first kappa shape index (κ1) is 22.2. The summed E-state index contributed by atoms with van der Waals surface area (Å²) in [5.74, 6) is 2.30. The molecule has 2 aliphatic rings. The van der Waals surface area contributed by atoms with E-state index in [1.165, 1.54) is 11.1 Å². The van der Waals surface area contributed by atoms with Gasteiger partial charge < -0.3 is 10.2 Å². The van der Waals surface area contributed by atoms with Crippen LogP contribution >= 0.6 is 0 Å². The van der Waals surface area contributed by atoms with Gasteiger partial charge in [-0.25, -0.2) is 14.7 Å². The van der Waals surface area contributed by atoms with Gasteiger partial charge in [0, 0.05) is 11.3 Å². The van der Waals surface area contributed by atoms with Gasteiger partial charge in [0.2, 0.25) is 0 Å². The molecule has 0 amide bonds. The van der Waals surface area contributed by atoms with Gasteiger partial charge in [0.05, 0.1) is 28.8 Å². The summed E-state index contributed by atoms with van der Waals surface area (Å²) in [6.45, 7) is 4.17. The van der Waals surface area contributed by atoms with E-state index < -0.39 is 0 Å². The van der Waals surface area contributed by atoms with Crippen LogP contribution < -0.4 is 10.2 Å². The maximum absolute atomic E-state index is 5.29. The Labute approximate surface area is 221 Å². The lowest BCUT2D eigenvalue weighted by atomic mass is 9.93. The standard InChI is InChI=1S/C32H26N6/c1-21-17-19-25(20-18-21)38-31-28(22(2)36-38)29(23-11-5-3-6-12-23)37-27-16-10-9-15-26(27)34-30(32(37)35-31)33-24-13-7-4-8-14-24/h3-20,29H,1-2H3,(H,33,34)/t29-/m1/s1. The summed E-state index contributed by atoms with van der Waals surface area (Å²) in [7, 11) is 0. The largest absolute Gasteiger partial charge is 0.337 e. The highest BCUT2D eigenvalue weighted by molar-refractivity contribution is 6.51. The Balaban J connectivity index is 1.50. The number of aliphatic imine (C=N–C) groups is 2. The zero-order chi connectivity index (χ0) is 25.6. The van der Waals surface area contributed by atoms with Crippen molar-refractivity contribution in [2.75, 3.05) is 10.2 Å². The molecular formula is C32H26N6. The van der Waals surface area contributed by atoms with Crippen LogP contribution in [-0.2, 0) is 0 Å². The van der Waals surface area contributed by atoms with Crippen molar-refractivity contribution in [3.8, 4) is 5.69 Å². The highest BCUT2D eigenvalue weighted by Crippen LogP contribution is 2.48. The number of aryl methyl sites for hydroxylation is 2. The lowest BCUT2D eigenvalue weighted by molar-refractivity contribution is 0.815. The van der Waals surface area contributed by atoms with Gasteiger partial charge in [-0.2, -0.15) is 5.10 Å². The fourth-order valence-corrected chi connectivity index (χ4v) is 5.27. The number of amidine groups is 2. The molecule has 0 saturated heterocycles. The third-order valence-electron chi connectivity index (χ3n) is 7.07. The number of nitrogens with one attached hydrogen (secondary N) is 1. The molecule has 1 N–H and O–H groups in total. The zero-order valence-electron chi connectivity index (χ0n) is 21.2. The molecule has 38 heavy (non-hydrogen) atoms. The molecule has 7 rings (SSSR count). The molecule has 0 saturated carbocycles. The van der Waals surface area contributed by atoms with Gasteiger partial charge in [0.25, 0.3) is 0 Å². The van der Waals surface area contributed by atoms with Crippen molar-refractivity contribution < 1.29 is 0 Å². The van der Waals surface area contributed by atoms with E-state index in [0.29, 0.717) is 5.84 Å². The maximum Gasteiger partial charge on any atom is 0.179 e. The smallest absolute Gasteiger partial charge is 0.179 e. The van der Waals surface area contributed by atoms with Gasteiger partial charge in [-0.15, -0.1) is 0 Å². The Morgan fingerprint density at radius 1 is 0.711 bits per heavy atom. The first-order chi connectivity index (χ1) is 18.7. The first-order valence-corrected chi connectivity index (χ1v) is 12.8. The molecule has 0 aliphatic carbocycles. The Morgan fingerprint density at radius 2 is 1.39 bits per heavy atom. The molecule has 2 aliphatic heterocycles. The predicted octanol–water partition coefficient (Wildman–Crippen LogP) is 7.28. The molecular weight excluding hydrogens is 468 g/mol. The van der Waals surface area contributed by atoms with Crippen molar-refractivity contribution in [3.05, 3.63) is 132 Å². The number of anilines is 2. The lowest BCUT2D eigenvalue weighted by Crippen LogP contribution is -2.46. The SMILES string of the molecule is Cc1ccc(-n2nc(C)c3c2N=C2C(Nc4ccccc4)=Nc4ccccc4N2[C@@H]3c2ccccc2)cc1. The van der Waals surface area contributed by atoms with Crippen molar-refractivity contribution in [2.24, 2.45) is 9.98 Å². The minimum absolute atomic E-state index is 0.123. The summed E-state index contributed by atoms with van der Waals surface area (Å²) in [6, 6.07) is 37.3. The van der Waals surface area contributed by atoms with E-state index >= 15 is 0 Å². The van der Waals surface area contributed by atoms with Gasteiger partial charge in [0.1, 0.15) is 0 Å². The van der Waals surface area contributed by atoms with E-state index in [1.807, 2.05) is 41.1 Å². The number of rotatable bonds is 3. The third-order valence-corrected chi connectivity index (χ3v) is 7.07. The van der Waals surface area contributed by atoms with Crippen molar-refractivity contribution in [1.82, 2.24) is 9.78 Å². The fourth-order valence-electron chi connectivity index (χ4n) is 5.27. The number of fused-ring (bicyclic) bond motifs is 4. The third kappa shape index (κ3) is 3.61. The molecule has 1 atom stereocenters. The molecule has 4 aromatic carbocycles. The van der Waals surface area contributed by atoms with Crippen LogP contribution in [0.25, 0.3) is 5.69 Å². The Kier molecular flexibility index (Phi) is 5.18. The summed E-state index contributed by atoms with van der Waals surface area (Å²) in [4.78, 5) is 12.6. The summed E-state index contributed by atoms with van der Waals surface area (Å²) in [5, 5.41) is 8.56. The molecule has 184 valence electrons. The normalized spacial score (nSPS) is 15.6. The second kappa shape index (κ2) is 8.85. The summed E-state index contributed by atoms with van der Waals surface area (Å²) in [5.41, 5.74) is 8.28. The van der Waals surface area contributed by atoms with Crippen molar-refractivity contribution >= 4 is 34.6 Å². The van der Waals surface area contributed by atoms with E-state index in [4.69, 9.17) is 15.1 Å². The summed E-state index contributed by atoms with van der Waals surface area (Å²) >= 11 is 0. The second-order valence-electron chi connectivity index (χ2n) is 9.63. The van der Waals surface area contributed by atoms with Gasteiger partial charge in [-0.1, -0.05) is 78.4 Å². The number of hydrogen-bond acceptors (Lipinski definition) is 5. The van der Waals surface area contributed by atoms with E-state index in [0.717, 1.165) is 45.7 Å². The minimum atomic E-state index is -0.123. The molecule has 0 radical (unpaired) electrons. The van der Waals surface area contributed by atoms with E-state index in [-0.39, 0.29) is 6.04 Å². The van der Waals surface area contributed by atoms with Crippen LogP contribution in [0.3, 0.4) is 0 Å². The molecule has 1 aromatic heterocycles. The van der Waals surface area contributed by atoms with Crippen molar-refractivity contribution in [2.45, 2.75) is 19.9 Å². The number of aromatic nitrogens is 2. The lowest BCUT2D eigenvalue weighted by Gasteiger charge is -2.40. The zero-order valence-corrected chi connectivity index (χ0v) is 21.2. The van der Waals surface area contributed by atoms with E-state index in [1.54, 1.807) is 0 Å². The first-order valence-electron chi connectivity index (χ1n) is 12.8. The molecule has 6 nitrogen and oxygen atoms in total. The van der Waals surface area contributed by atoms with Crippen LogP contribution in [0, 0.1) is 13.8 Å². The second-order valence-corrected chi connectivity index (χ2v) is 9.63. The quantitative estimate of drug-likeness (QED) is 0.287.